The molecule has 7 nitrogen and oxygen atoms in total. The number of fused-ring (bicyclic) bond motifs is 1. The third-order valence-corrected chi connectivity index (χ3v) is 4.11. The molecule has 1 unspecified atom stereocenters. The summed E-state index contributed by atoms with van der Waals surface area (Å²) in [5, 5.41) is 0.732. The molecule has 1 aromatic carbocycles. The van der Waals surface area contributed by atoms with Gasteiger partial charge in [-0.05, 0) is 24.6 Å². The number of quaternary nitrogens is 1. The number of aryl methyl sites for hydroxylation is 1. The number of phosphoric acid groups is 1. The zero-order valence-corrected chi connectivity index (χ0v) is 14.5. The lowest BCUT2D eigenvalue weighted by Crippen LogP contribution is -2.37. The Kier molecular flexibility index (Phi) is 4.96. The summed E-state index contributed by atoms with van der Waals surface area (Å²) in [5.41, 5.74) is 0.562. The van der Waals surface area contributed by atoms with Gasteiger partial charge in [0, 0.05) is 17.5 Å². The topological polar surface area (TPSA) is 86.0 Å². The highest BCUT2D eigenvalue weighted by atomic mass is 31.2. The van der Waals surface area contributed by atoms with Gasteiger partial charge in [-0.3, -0.25) is 9.42 Å². The highest BCUT2D eigenvalue weighted by Gasteiger charge is 2.24. The van der Waals surface area contributed by atoms with E-state index < -0.39 is 13.4 Å². The normalized spacial score (nSPS) is 14.7. The fourth-order valence-electron chi connectivity index (χ4n) is 1.95. The van der Waals surface area contributed by atoms with Crippen LogP contribution in [0, 0.1) is 6.92 Å². The molecule has 0 amide bonds. The molecule has 23 heavy (non-hydrogen) atoms. The van der Waals surface area contributed by atoms with Crippen molar-refractivity contribution in [2.45, 2.75) is 6.92 Å². The Morgan fingerprint density at radius 1 is 1.26 bits per heavy atom. The summed E-state index contributed by atoms with van der Waals surface area (Å²) in [6.07, 6.45) is 0. The molecule has 126 valence electrons. The maximum Gasteiger partial charge on any atom is 0.527 e. The van der Waals surface area contributed by atoms with Crippen LogP contribution in [-0.2, 0) is 9.09 Å². The predicted octanol–water partition coefficient (Wildman–Crippen LogP) is 2.30. The fraction of sp³-hybridized carbons (Fsp3) is 0.400. The van der Waals surface area contributed by atoms with Crippen LogP contribution in [-0.4, -0.2) is 43.7 Å². The van der Waals surface area contributed by atoms with Crippen molar-refractivity contribution in [3.8, 4) is 5.75 Å². The van der Waals surface area contributed by atoms with Gasteiger partial charge in [0.05, 0.1) is 21.1 Å². The van der Waals surface area contributed by atoms with Crippen LogP contribution in [0.4, 0.5) is 0 Å². The van der Waals surface area contributed by atoms with Gasteiger partial charge < -0.3 is 13.4 Å². The van der Waals surface area contributed by atoms with Crippen molar-refractivity contribution in [2.24, 2.45) is 0 Å². The van der Waals surface area contributed by atoms with Crippen LogP contribution in [0.1, 0.15) is 5.56 Å². The summed E-state index contributed by atoms with van der Waals surface area (Å²) in [5.74, 6) is 0.0994. The molecule has 2 rings (SSSR count). The van der Waals surface area contributed by atoms with Crippen molar-refractivity contribution in [3.63, 3.8) is 0 Å². The van der Waals surface area contributed by atoms with Crippen LogP contribution in [0.2, 0.25) is 0 Å². The van der Waals surface area contributed by atoms with Crippen molar-refractivity contribution in [3.05, 3.63) is 40.2 Å². The van der Waals surface area contributed by atoms with Gasteiger partial charge in [-0.15, -0.1) is 0 Å². The van der Waals surface area contributed by atoms with Gasteiger partial charge in [-0.2, -0.15) is 0 Å². The zero-order chi connectivity index (χ0) is 17.3. The molecule has 0 saturated heterocycles. The van der Waals surface area contributed by atoms with Crippen molar-refractivity contribution in [1.29, 1.82) is 0 Å². The number of hydrogen-bond donors (Lipinski definition) is 1. The molecular weight excluding hydrogens is 321 g/mol. The quantitative estimate of drug-likeness (QED) is 0.492. The van der Waals surface area contributed by atoms with Crippen LogP contribution in [0.15, 0.2) is 33.5 Å². The van der Waals surface area contributed by atoms with Crippen LogP contribution in [0.25, 0.3) is 11.0 Å². The largest absolute Gasteiger partial charge is 0.527 e. The van der Waals surface area contributed by atoms with Gasteiger partial charge in [-0.1, -0.05) is 0 Å². The van der Waals surface area contributed by atoms with Gasteiger partial charge in [-0.25, -0.2) is 9.36 Å². The first kappa shape index (κ1) is 17.7. The summed E-state index contributed by atoms with van der Waals surface area (Å²) in [6.45, 7) is 2.42. The van der Waals surface area contributed by atoms with Crippen LogP contribution in [0.3, 0.4) is 0 Å². The second kappa shape index (κ2) is 6.45. The lowest BCUT2D eigenvalue weighted by atomic mass is 10.1. The average Bonchev–Trinajstić information content (AvgIpc) is 2.35. The maximum atomic E-state index is 12.0. The average molecular weight is 342 g/mol. The molecule has 0 bridgehead atoms. The first-order valence-electron chi connectivity index (χ1n) is 7.08. The molecule has 0 aliphatic rings. The monoisotopic (exact) mass is 342 g/mol. The third kappa shape index (κ3) is 5.18. The Hall–Kier alpha value is -1.66. The minimum Gasteiger partial charge on any atom is -0.423 e. The summed E-state index contributed by atoms with van der Waals surface area (Å²) in [7, 11) is 1.60. The Morgan fingerprint density at radius 2 is 1.96 bits per heavy atom. The SMILES string of the molecule is Cc1cc(=O)oc2cc(OP(=O)(O)OCC[N+](C)(C)C)ccc12. The van der Waals surface area contributed by atoms with E-state index in [1.165, 1.54) is 18.2 Å². The number of benzene rings is 1. The van der Waals surface area contributed by atoms with E-state index in [9.17, 15) is 14.3 Å². The van der Waals surface area contributed by atoms with E-state index >= 15 is 0 Å². The van der Waals surface area contributed by atoms with Crippen molar-refractivity contribution >= 4 is 18.8 Å². The summed E-state index contributed by atoms with van der Waals surface area (Å²) < 4.78 is 27.6. The van der Waals surface area contributed by atoms with Gasteiger partial charge in [0.15, 0.2) is 0 Å². The third-order valence-electron chi connectivity index (χ3n) is 3.16. The van der Waals surface area contributed by atoms with Gasteiger partial charge >= 0.3 is 13.4 Å². The summed E-state index contributed by atoms with van der Waals surface area (Å²) >= 11 is 0. The van der Waals surface area contributed by atoms with Crippen LogP contribution < -0.4 is 10.1 Å². The molecule has 1 aromatic heterocycles. The van der Waals surface area contributed by atoms with E-state index in [1.54, 1.807) is 13.0 Å². The standard InChI is InChI=1S/C15H20NO6P/c1-11-9-15(17)21-14-10-12(5-6-13(11)14)22-23(18,19)20-8-7-16(2,3)4/h5-6,9-10H,7-8H2,1-4H3/p+1. The highest BCUT2D eigenvalue weighted by Crippen LogP contribution is 2.44. The van der Waals surface area contributed by atoms with Crippen molar-refractivity contribution < 1.29 is 27.4 Å². The lowest BCUT2D eigenvalue weighted by molar-refractivity contribution is -0.870. The van der Waals surface area contributed by atoms with E-state index in [0.717, 1.165) is 10.9 Å². The Morgan fingerprint density at radius 3 is 2.61 bits per heavy atom. The zero-order valence-electron chi connectivity index (χ0n) is 13.6. The number of rotatable bonds is 6. The lowest BCUT2D eigenvalue weighted by Gasteiger charge is -2.24. The van der Waals surface area contributed by atoms with E-state index in [2.05, 4.69) is 0 Å². The molecule has 0 radical (unpaired) electrons. The molecule has 0 aliphatic heterocycles. The Bertz CT molecular complexity index is 808. The second-order valence-corrected chi connectivity index (χ2v) is 7.69. The number of likely N-dealkylation sites (N-methyl/N-ethyl adjacent to an activating group) is 1. The minimum absolute atomic E-state index is 0.0824. The Labute approximate surface area is 134 Å². The van der Waals surface area contributed by atoms with Crippen molar-refractivity contribution in [2.75, 3.05) is 34.3 Å². The molecule has 8 heteroatoms. The minimum atomic E-state index is -4.23. The smallest absolute Gasteiger partial charge is 0.423 e. The van der Waals surface area contributed by atoms with Crippen LogP contribution in [0.5, 0.6) is 5.75 Å². The van der Waals surface area contributed by atoms with Gasteiger partial charge in [0.25, 0.3) is 0 Å². The predicted molar refractivity (Wildman–Crippen MR) is 86.5 cm³/mol. The van der Waals surface area contributed by atoms with E-state index in [-0.39, 0.29) is 12.4 Å². The number of phosphoric ester groups is 1. The number of hydrogen-bond acceptors (Lipinski definition) is 5. The highest BCUT2D eigenvalue weighted by molar-refractivity contribution is 7.47. The van der Waals surface area contributed by atoms with E-state index in [1.807, 2.05) is 21.1 Å². The summed E-state index contributed by atoms with van der Waals surface area (Å²) in [4.78, 5) is 21.2. The molecule has 1 atom stereocenters. The molecule has 0 fully saturated rings. The first-order valence-corrected chi connectivity index (χ1v) is 8.57. The molecular formula is C15H21NO6P+. The number of nitrogens with zero attached hydrogens (tertiary/aromatic N) is 1. The molecule has 2 aromatic rings. The maximum absolute atomic E-state index is 12.0. The van der Waals surface area contributed by atoms with Crippen molar-refractivity contribution in [1.82, 2.24) is 0 Å². The molecule has 1 heterocycles. The molecule has 0 aliphatic carbocycles. The van der Waals surface area contributed by atoms with E-state index in [4.69, 9.17) is 13.5 Å². The molecule has 1 N–H and O–H groups in total. The van der Waals surface area contributed by atoms with E-state index in [0.29, 0.717) is 16.6 Å². The second-order valence-electron chi connectivity index (χ2n) is 6.31. The van der Waals surface area contributed by atoms with Crippen LogP contribution >= 0.6 is 7.82 Å². The molecule has 0 spiro atoms. The van der Waals surface area contributed by atoms with Gasteiger partial charge in [0.2, 0.25) is 0 Å². The summed E-state index contributed by atoms with van der Waals surface area (Å²) in [6, 6.07) is 5.97. The first-order chi connectivity index (χ1) is 10.6. The fourth-order valence-corrected chi connectivity index (χ4v) is 2.70. The Balaban J connectivity index is 2.14. The van der Waals surface area contributed by atoms with Gasteiger partial charge in [0.1, 0.15) is 24.5 Å². The molecule has 0 saturated carbocycles.